The second-order valence-electron chi connectivity index (χ2n) is 8.04. The predicted molar refractivity (Wildman–Crippen MR) is 125 cm³/mol. The van der Waals surface area contributed by atoms with Gasteiger partial charge in [0.2, 0.25) is 0 Å². The number of aliphatic hydroxyl groups is 1. The second-order valence-corrected chi connectivity index (χ2v) is 9.47. The number of amides is 1. The van der Waals surface area contributed by atoms with E-state index < -0.39 is 58.0 Å². The van der Waals surface area contributed by atoms with E-state index in [9.17, 15) is 31.9 Å². The highest BCUT2D eigenvalue weighted by molar-refractivity contribution is 7.17. The molecule has 4 rings (SSSR count). The van der Waals surface area contributed by atoms with Crippen LogP contribution < -0.4 is 5.32 Å². The minimum absolute atomic E-state index is 0.0794. The third-order valence-electron chi connectivity index (χ3n) is 5.52. The van der Waals surface area contributed by atoms with Crippen molar-refractivity contribution < 1.29 is 31.9 Å². The number of carbonyl (C=O) groups excluding carboxylic acids is 1. The molecule has 0 saturated heterocycles. The summed E-state index contributed by atoms with van der Waals surface area (Å²) in [7, 11) is 0. The van der Waals surface area contributed by atoms with Crippen molar-refractivity contribution in [1.29, 1.82) is 0 Å². The molecule has 0 aliphatic rings. The third kappa shape index (κ3) is 5.63. The normalized spacial score (nSPS) is 14.3. The van der Waals surface area contributed by atoms with Gasteiger partial charge in [0.1, 0.15) is 39.8 Å². The Morgan fingerprint density at radius 1 is 1.19 bits per heavy atom. The molecule has 7 nitrogen and oxygen atoms in total. The highest BCUT2D eigenvalue weighted by atomic mass is 35.5. The molecule has 0 saturated carbocycles. The SMILES string of the molecule is C[C@@H](NC(=O)c1sc(-c2ccc(Cl)cc2)nc1C(F)(F)F)[C@](O)(Cn1cncn1)c1ccc(F)cc1F. The zero-order valence-corrected chi connectivity index (χ0v) is 20.4. The molecule has 0 fully saturated rings. The molecule has 2 aromatic carbocycles. The molecule has 2 N–H and O–H groups in total. The molecule has 4 aromatic rings. The van der Waals surface area contributed by atoms with E-state index in [0.29, 0.717) is 28.0 Å². The lowest BCUT2D eigenvalue weighted by molar-refractivity contribution is -0.141. The van der Waals surface area contributed by atoms with Crippen molar-refractivity contribution >= 4 is 28.8 Å². The van der Waals surface area contributed by atoms with Gasteiger partial charge >= 0.3 is 6.18 Å². The van der Waals surface area contributed by atoms with Gasteiger partial charge in [-0.05, 0) is 25.1 Å². The van der Waals surface area contributed by atoms with Crippen molar-refractivity contribution in [3.05, 3.63) is 87.9 Å². The van der Waals surface area contributed by atoms with Crippen molar-refractivity contribution in [3.63, 3.8) is 0 Å². The maximum absolute atomic E-state index is 14.7. The largest absolute Gasteiger partial charge is 0.435 e. The molecule has 0 radical (unpaired) electrons. The molecule has 2 heterocycles. The van der Waals surface area contributed by atoms with Gasteiger partial charge in [-0.25, -0.2) is 23.4 Å². The van der Waals surface area contributed by atoms with Crippen LogP contribution >= 0.6 is 22.9 Å². The van der Waals surface area contributed by atoms with Gasteiger partial charge in [-0.15, -0.1) is 11.3 Å². The smallest absolute Gasteiger partial charge is 0.381 e. The van der Waals surface area contributed by atoms with E-state index in [1.54, 1.807) is 0 Å². The van der Waals surface area contributed by atoms with E-state index >= 15 is 0 Å². The van der Waals surface area contributed by atoms with Crippen LogP contribution in [0.2, 0.25) is 5.02 Å². The van der Waals surface area contributed by atoms with Crippen LogP contribution in [-0.4, -0.2) is 36.8 Å². The number of nitrogens with one attached hydrogen (secondary N) is 1. The maximum Gasteiger partial charge on any atom is 0.435 e. The van der Waals surface area contributed by atoms with Crippen molar-refractivity contribution in [2.75, 3.05) is 0 Å². The van der Waals surface area contributed by atoms with Crippen LogP contribution in [0, 0.1) is 11.6 Å². The van der Waals surface area contributed by atoms with Crippen molar-refractivity contribution in [2.24, 2.45) is 0 Å². The first-order chi connectivity index (χ1) is 17.4. The fraction of sp³-hybridized carbons (Fsp3) is 0.217. The summed E-state index contributed by atoms with van der Waals surface area (Å²) in [6.07, 6.45) is -2.60. The Morgan fingerprint density at radius 3 is 2.49 bits per heavy atom. The maximum atomic E-state index is 14.7. The summed E-state index contributed by atoms with van der Waals surface area (Å²) >= 11 is 6.33. The lowest BCUT2D eigenvalue weighted by atomic mass is 9.86. The van der Waals surface area contributed by atoms with Crippen LogP contribution in [0.15, 0.2) is 55.1 Å². The van der Waals surface area contributed by atoms with E-state index in [1.165, 1.54) is 37.5 Å². The van der Waals surface area contributed by atoms with E-state index in [-0.39, 0.29) is 5.01 Å². The monoisotopic (exact) mass is 557 g/mol. The molecule has 2 aromatic heterocycles. The quantitative estimate of drug-likeness (QED) is 0.310. The van der Waals surface area contributed by atoms with E-state index in [4.69, 9.17) is 11.6 Å². The number of aromatic nitrogens is 4. The number of alkyl halides is 3. The first-order valence-electron chi connectivity index (χ1n) is 10.5. The molecule has 0 aliphatic heterocycles. The summed E-state index contributed by atoms with van der Waals surface area (Å²) in [6, 6.07) is 6.90. The van der Waals surface area contributed by atoms with Crippen LogP contribution in [0.4, 0.5) is 22.0 Å². The number of rotatable bonds is 7. The Balaban J connectivity index is 1.71. The van der Waals surface area contributed by atoms with Gasteiger partial charge in [-0.1, -0.05) is 29.8 Å². The van der Waals surface area contributed by atoms with Gasteiger partial charge in [0.05, 0.1) is 12.6 Å². The van der Waals surface area contributed by atoms with Crippen LogP contribution in [0.5, 0.6) is 0 Å². The number of hydrogen-bond donors (Lipinski definition) is 2. The van der Waals surface area contributed by atoms with Gasteiger partial charge in [0, 0.05) is 22.2 Å². The second kappa shape index (κ2) is 10.1. The molecule has 1 amide bonds. The summed E-state index contributed by atoms with van der Waals surface area (Å²) < 4.78 is 70.7. The first kappa shape index (κ1) is 26.6. The minimum Gasteiger partial charge on any atom is -0.381 e. The fourth-order valence-electron chi connectivity index (χ4n) is 3.62. The zero-order valence-electron chi connectivity index (χ0n) is 18.8. The third-order valence-corrected chi connectivity index (χ3v) is 6.88. The molecule has 194 valence electrons. The highest BCUT2D eigenvalue weighted by Crippen LogP contribution is 2.38. The van der Waals surface area contributed by atoms with E-state index in [2.05, 4.69) is 20.4 Å². The number of carbonyl (C=O) groups is 1. The molecular weight excluding hydrogens is 541 g/mol. The van der Waals surface area contributed by atoms with Gasteiger partial charge in [0.25, 0.3) is 5.91 Å². The Bertz CT molecular complexity index is 1410. The van der Waals surface area contributed by atoms with Crippen molar-refractivity contribution in [3.8, 4) is 10.6 Å². The molecular formula is C23H17ClF5N5O2S. The average Bonchev–Trinajstić information content (AvgIpc) is 3.49. The van der Waals surface area contributed by atoms with Gasteiger partial charge in [-0.3, -0.25) is 4.79 Å². The molecule has 14 heteroatoms. The Kier molecular flexibility index (Phi) is 7.31. The summed E-state index contributed by atoms with van der Waals surface area (Å²) in [5.74, 6) is -3.23. The van der Waals surface area contributed by atoms with Gasteiger partial charge in [-0.2, -0.15) is 18.3 Å². The summed E-state index contributed by atoms with van der Waals surface area (Å²) in [6.45, 7) is 0.813. The minimum atomic E-state index is -4.96. The number of halogens is 6. The lowest BCUT2D eigenvalue weighted by Crippen LogP contribution is -2.52. The Hall–Kier alpha value is -3.42. The standard InChI is InChI=1S/C23H17ClF5N5O2S/c1-12(22(36,9-34-11-30-10-31-34)16-7-6-15(25)8-17(16)26)32-20(35)18-19(23(27,28)29)33-21(37-18)13-2-4-14(24)5-3-13/h2-8,10-12,36H,9H2,1H3,(H,32,35)/t12-,22-/m1/s1. The van der Waals surface area contributed by atoms with Crippen LogP contribution in [0.25, 0.3) is 10.6 Å². The fourth-order valence-corrected chi connectivity index (χ4v) is 4.74. The first-order valence-corrected chi connectivity index (χ1v) is 11.7. The molecule has 2 atom stereocenters. The highest BCUT2D eigenvalue weighted by Gasteiger charge is 2.43. The Labute approximate surface area is 215 Å². The van der Waals surface area contributed by atoms with E-state index in [1.807, 2.05) is 0 Å². The number of hydrogen-bond acceptors (Lipinski definition) is 6. The molecule has 37 heavy (non-hydrogen) atoms. The lowest BCUT2D eigenvalue weighted by Gasteiger charge is -2.35. The topological polar surface area (TPSA) is 92.9 Å². The van der Waals surface area contributed by atoms with Crippen molar-refractivity contribution in [1.82, 2.24) is 25.1 Å². The van der Waals surface area contributed by atoms with Crippen LogP contribution in [0.3, 0.4) is 0 Å². The van der Waals surface area contributed by atoms with Crippen molar-refractivity contribution in [2.45, 2.75) is 31.3 Å². The number of thiazole rings is 1. The summed E-state index contributed by atoms with van der Waals surface area (Å²) in [5, 5.41) is 18.0. The number of nitrogens with zero attached hydrogens (tertiary/aromatic N) is 4. The molecule has 0 unspecified atom stereocenters. The molecule has 0 spiro atoms. The molecule has 0 bridgehead atoms. The van der Waals surface area contributed by atoms with Gasteiger partial charge in [0.15, 0.2) is 5.69 Å². The molecule has 0 aliphatic carbocycles. The zero-order chi connectivity index (χ0) is 27.0. The van der Waals surface area contributed by atoms with E-state index in [0.717, 1.165) is 23.1 Å². The summed E-state index contributed by atoms with van der Waals surface area (Å²) in [4.78, 5) is 19.7. The van der Waals surface area contributed by atoms with Crippen LogP contribution in [-0.2, 0) is 18.3 Å². The Morgan fingerprint density at radius 2 is 1.89 bits per heavy atom. The number of benzene rings is 2. The van der Waals surface area contributed by atoms with Crippen LogP contribution in [0.1, 0.15) is 27.9 Å². The average molecular weight is 558 g/mol. The van der Waals surface area contributed by atoms with Gasteiger partial charge < -0.3 is 10.4 Å². The summed E-state index contributed by atoms with van der Waals surface area (Å²) in [5.41, 5.74) is -3.77. The predicted octanol–water partition coefficient (Wildman–Crippen LogP) is 5.06.